The molecule has 2 aliphatic carbocycles. The van der Waals surface area contributed by atoms with Gasteiger partial charge in [0.05, 0.1) is 12.2 Å². The molecule has 0 amide bonds. The Labute approximate surface area is 113 Å². The van der Waals surface area contributed by atoms with Gasteiger partial charge in [-0.25, -0.2) is 0 Å². The zero-order chi connectivity index (χ0) is 13.3. The van der Waals surface area contributed by atoms with Gasteiger partial charge in [-0.05, 0) is 44.1 Å². The van der Waals surface area contributed by atoms with Gasteiger partial charge in [0.2, 0.25) is 0 Å². The fourth-order valence-corrected chi connectivity index (χ4v) is 3.93. The predicted molar refractivity (Wildman–Crippen MR) is 76.7 cm³/mol. The Hall–Kier alpha value is -0.0800. The molecule has 0 bridgehead atoms. The van der Waals surface area contributed by atoms with Crippen molar-refractivity contribution in [1.82, 2.24) is 5.32 Å². The first kappa shape index (κ1) is 14.3. The van der Waals surface area contributed by atoms with Crippen LogP contribution >= 0.6 is 0 Å². The van der Waals surface area contributed by atoms with Crippen molar-refractivity contribution in [3.8, 4) is 0 Å². The minimum atomic E-state index is 0.305. The van der Waals surface area contributed by atoms with Crippen LogP contribution in [0.3, 0.4) is 0 Å². The molecule has 0 spiro atoms. The lowest BCUT2D eigenvalue weighted by molar-refractivity contribution is -0.160. The van der Waals surface area contributed by atoms with Crippen LogP contribution in [0.15, 0.2) is 0 Å². The fraction of sp³-hybridized carbons (Fsp3) is 1.00. The SMILES string of the molecule is CCNC1CC(OC2CC(C)CC(C)C2)C1(C)C. The lowest BCUT2D eigenvalue weighted by Gasteiger charge is -2.53. The Morgan fingerprint density at radius 2 is 1.67 bits per heavy atom. The van der Waals surface area contributed by atoms with E-state index in [1.807, 2.05) is 0 Å². The zero-order valence-electron chi connectivity index (χ0n) is 12.8. The molecule has 0 radical (unpaired) electrons. The Bertz CT molecular complexity index is 266. The van der Waals surface area contributed by atoms with Crippen molar-refractivity contribution in [3.63, 3.8) is 0 Å². The Kier molecular flexibility index (Phi) is 4.38. The highest BCUT2D eigenvalue weighted by Crippen LogP contribution is 2.44. The molecular weight excluding hydrogens is 222 g/mol. The molecule has 2 heteroatoms. The minimum Gasteiger partial charge on any atom is -0.374 e. The summed E-state index contributed by atoms with van der Waals surface area (Å²) in [5.41, 5.74) is 0.305. The first-order valence-corrected chi connectivity index (χ1v) is 7.82. The summed E-state index contributed by atoms with van der Waals surface area (Å²) in [7, 11) is 0. The lowest BCUT2D eigenvalue weighted by atomic mass is 9.64. The van der Waals surface area contributed by atoms with E-state index in [9.17, 15) is 0 Å². The van der Waals surface area contributed by atoms with Crippen LogP contribution in [-0.2, 0) is 4.74 Å². The van der Waals surface area contributed by atoms with Crippen molar-refractivity contribution in [2.45, 2.75) is 78.6 Å². The van der Waals surface area contributed by atoms with Crippen molar-refractivity contribution < 1.29 is 4.74 Å². The highest BCUT2D eigenvalue weighted by Gasteiger charge is 2.49. The molecular formula is C16H31NO. The maximum absolute atomic E-state index is 6.42. The largest absolute Gasteiger partial charge is 0.374 e. The third-order valence-electron chi connectivity index (χ3n) is 5.12. The van der Waals surface area contributed by atoms with E-state index in [2.05, 4.69) is 39.9 Å². The molecule has 0 heterocycles. The highest BCUT2D eigenvalue weighted by molar-refractivity contribution is 5.03. The van der Waals surface area contributed by atoms with Crippen molar-refractivity contribution in [1.29, 1.82) is 0 Å². The third-order valence-corrected chi connectivity index (χ3v) is 5.12. The number of rotatable bonds is 4. The molecule has 2 nitrogen and oxygen atoms in total. The number of hydrogen-bond donors (Lipinski definition) is 1. The summed E-state index contributed by atoms with van der Waals surface area (Å²) in [4.78, 5) is 0. The summed E-state index contributed by atoms with van der Waals surface area (Å²) in [6.45, 7) is 12.7. The quantitative estimate of drug-likeness (QED) is 0.826. The summed E-state index contributed by atoms with van der Waals surface area (Å²) >= 11 is 0. The monoisotopic (exact) mass is 253 g/mol. The van der Waals surface area contributed by atoms with E-state index in [1.165, 1.54) is 25.7 Å². The Balaban J connectivity index is 1.84. The van der Waals surface area contributed by atoms with E-state index in [1.54, 1.807) is 0 Å². The summed E-state index contributed by atoms with van der Waals surface area (Å²) in [5.74, 6) is 1.68. The van der Waals surface area contributed by atoms with E-state index >= 15 is 0 Å². The third kappa shape index (κ3) is 2.91. The molecule has 2 rings (SSSR count). The van der Waals surface area contributed by atoms with E-state index in [-0.39, 0.29) is 0 Å². The lowest BCUT2D eigenvalue weighted by Crippen LogP contribution is -2.61. The van der Waals surface area contributed by atoms with Crippen LogP contribution in [0.25, 0.3) is 0 Å². The van der Waals surface area contributed by atoms with Crippen molar-refractivity contribution >= 4 is 0 Å². The Morgan fingerprint density at radius 1 is 1.06 bits per heavy atom. The van der Waals surface area contributed by atoms with Gasteiger partial charge in [0.1, 0.15) is 0 Å². The maximum atomic E-state index is 6.42. The molecule has 2 fully saturated rings. The number of nitrogens with one attached hydrogen (secondary N) is 1. The molecule has 0 aromatic carbocycles. The summed E-state index contributed by atoms with van der Waals surface area (Å²) in [5, 5.41) is 3.58. The second kappa shape index (κ2) is 5.50. The maximum Gasteiger partial charge on any atom is 0.0659 e. The molecule has 1 N–H and O–H groups in total. The predicted octanol–water partition coefficient (Wildman–Crippen LogP) is 3.60. The van der Waals surface area contributed by atoms with Gasteiger partial charge in [0.25, 0.3) is 0 Å². The Morgan fingerprint density at radius 3 is 2.17 bits per heavy atom. The van der Waals surface area contributed by atoms with Crippen LogP contribution in [0.1, 0.15) is 60.3 Å². The van der Waals surface area contributed by atoms with Crippen LogP contribution in [0, 0.1) is 17.3 Å². The molecule has 0 aromatic heterocycles. The molecule has 18 heavy (non-hydrogen) atoms. The van der Waals surface area contributed by atoms with E-state index in [0.717, 1.165) is 18.4 Å². The first-order chi connectivity index (χ1) is 8.43. The summed E-state index contributed by atoms with van der Waals surface area (Å²) < 4.78 is 6.42. The summed E-state index contributed by atoms with van der Waals surface area (Å²) in [6, 6.07) is 0.644. The smallest absolute Gasteiger partial charge is 0.0659 e. The molecule has 2 saturated carbocycles. The molecule has 4 unspecified atom stereocenters. The van der Waals surface area contributed by atoms with Crippen LogP contribution < -0.4 is 5.32 Å². The van der Waals surface area contributed by atoms with Gasteiger partial charge in [0, 0.05) is 11.5 Å². The van der Waals surface area contributed by atoms with E-state index < -0.39 is 0 Å². The number of hydrogen-bond acceptors (Lipinski definition) is 2. The van der Waals surface area contributed by atoms with E-state index in [4.69, 9.17) is 4.74 Å². The van der Waals surface area contributed by atoms with Crippen molar-refractivity contribution in [3.05, 3.63) is 0 Å². The van der Waals surface area contributed by atoms with Crippen LogP contribution in [0.2, 0.25) is 0 Å². The zero-order valence-corrected chi connectivity index (χ0v) is 12.8. The van der Waals surface area contributed by atoms with Gasteiger partial charge >= 0.3 is 0 Å². The average molecular weight is 253 g/mol. The first-order valence-electron chi connectivity index (χ1n) is 7.82. The standard InChI is InChI=1S/C16H31NO/c1-6-17-14-10-15(16(14,4)5)18-13-8-11(2)7-12(3)9-13/h11-15,17H,6-10H2,1-5H3. The highest BCUT2D eigenvalue weighted by atomic mass is 16.5. The van der Waals surface area contributed by atoms with Crippen molar-refractivity contribution in [2.75, 3.05) is 6.54 Å². The van der Waals surface area contributed by atoms with Gasteiger partial charge < -0.3 is 10.1 Å². The van der Waals surface area contributed by atoms with Crippen molar-refractivity contribution in [2.24, 2.45) is 17.3 Å². The number of ether oxygens (including phenoxy) is 1. The molecule has 4 atom stereocenters. The molecule has 0 saturated heterocycles. The van der Waals surface area contributed by atoms with Gasteiger partial charge in [-0.2, -0.15) is 0 Å². The van der Waals surface area contributed by atoms with Gasteiger partial charge in [-0.1, -0.05) is 34.6 Å². The molecule has 0 aromatic rings. The second-order valence-corrected chi connectivity index (χ2v) is 7.33. The molecule has 106 valence electrons. The second-order valence-electron chi connectivity index (χ2n) is 7.33. The van der Waals surface area contributed by atoms with Gasteiger partial charge in [-0.15, -0.1) is 0 Å². The topological polar surface area (TPSA) is 21.3 Å². The molecule has 0 aliphatic heterocycles. The van der Waals surface area contributed by atoms with Crippen LogP contribution in [-0.4, -0.2) is 24.8 Å². The fourth-order valence-electron chi connectivity index (χ4n) is 3.93. The normalized spacial score (nSPS) is 43.5. The average Bonchev–Trinajstić information content (AvgIpc) is 2.26. The molecule has 2 aliphatic rings. The summed E-state index contributed by atoms with van der Waals surface area (Å²) in [6.07, 6.45) is 6.08. The van der Waals surface area contributed by atoms with E-state index in [0.29, 0.717) is 23.7 Å². The van der Waals surface area contributed by atoms with Gasteiger partial charge in [-0.3, -0.25) is 0 Å². The minimum absolute atomic E-state index is 0.305. The van der Waals surface area contributed by atoms with Gasteiger partial charge in [0.15, 0.2) is 0 Å². The van der Waals surface area contributed by atoms with Crippen LogP contribution in [0.5, 0.6) is 0 Å². The van der Waals surface area contributed by atoms with Crippen LogP contribution in [0.4, 0.5) is 0 Å².